The van der Waals surface area contributed by atoms with Crippen molar-refractivity contribution in [1.82, 2.24) is 19.9 Å². The summed E-state index contributed by atoms with van der Waals surface area (Å²) in [4.78, 5) is 26.0. The van der Waals surface area contributed by atoms with E-state index in [9.17, 15) is 0 Å². The molecule has 0 saturated heterocycles. The molecule has 105 heavy (non-hydrogen) atoms. The van der Waals surface area contributed by atoms with Crippen molar-refractivity contribution >= 4 is 86.7 Å². The van der Waals surface area contributed by atoms with Gasteiger partial charge in [-0.3, -0.25) is 0 Å². The van der Waals surface area contributed by atoms with Gasteiger partial charge in [0.05, 0.1) is 22.8 Å². The molecule has 3 aliphatic rings. The molecule has 18 aromatic rings. The summed E-state index contributed by atoms with van der Waals surface area (Å²) in [5.74, 6) is 0. The molecule has 0 atom stereocenters. The summed E-state index contributed by atoms with van der Waals surface area (Å²) in [6.07, 6.45) is 0. The van der Waals surface area contributed by atoms with E-state index in [1.807, 2.05) is 0 Å². The second-order valence-electron chi connectivity index (χ2n) is 27.4. The maximum Gasteiger partial charge on any atom is 2.00 e. The molecule has 8 bridgehead atoms. The van der Waals surface area contributed by atoms with Crippen LogP contribution in [0.2, 0.25) is 0 Å². The number of aromatic nitrogens is 4. The molecule has 0 spiro atoms. The number of hydrogen-bond donors (Lipinski definition) is 0. The molecule has 0 saturated carbocycles. The second kappa shape index (κ2) is 25.1. The van der Waals surface area contributed by atoms with Crippen molar-refractivity contribution in [2.24, 2.45) is 0 Å². The first-order chi connectivity index (χ1) is 51.6. The predicted octanol–water partition coefficient (Wildman–Crippen LogP) is 26.5. The zero-order valence-electron chi connectivity index (χ0n) is 56.7. The van der Waals surface area contributed by atoms with Gasteiger partial charge in [-0.25, -0.2) is 9.97 Å². The van der Waals surface area contributed by atoms with Gasteiger partial charge in [-0.1, -0.05) is 315 Å². The van der Waals surface area contributed by atoms with Gasteiger partial charge < -0.3 is 9.97 Å². The SMILES string of the molecule is [Pd+2].c1ccc(-c2ccccc2-c2c3nc(c(-c4ccccc4-c4ccccc4)c4[n-]c(c(-c5ccccc5-c5ccccc5)c5nc(c(-c6ccccc6-c6ccccc6)c6[n-]c2c2cc7ccccc7cc62)-c2cc6ccccc6cc2-5)c2cc5ccccc5cc42)-c2cc4ccccc4cc2-3)cc1. The van der Waals surface area contributed by atoms with Crippen molar-refractivity contribution in [2.75, 3.05) is 0 Å². The molecule has 490 valence electrons. The van der Waals surface area contributed by atoms with Crippen molar-refractivity contribution in [3.05, 3.63) is 364 Å². The van der Waals surface area contributed by atoms with Crippen molar-refractivity contribution < 1.29 is 20.4 Å². The van der Waals surface area contributed by atoms with E-state index in [1.165, 1.54) is 0 Å². The van der Waals surface area contributed by atoms with Crippen LogP contribution in [0, 0.1) is 0 Å². The van der Waals surface area contributed by atoms with Crippen LogP contribution in [-0.2, 0) is 20.4 Å². The van der Waals surface area contributed by atoms with Gasteiger partial charge in [-0.2, -0.15) is 0 Å². The fraction of sp³-hybridized carbons (Fsp3) is 0. The molecule has 0 unspecified atom stereocenters. The fourth-order valence-corrected chi connectivity index (χ4v) is 16.7. The summed E-state index contributed by atoms with van der Waals surface area (Å²) in [5.41, 5.74) is 26.7. The smallest absolute Gasteiger partial charge is 0.656 e. The molecule has 0 N–H and O–H groups in total. The van der Waals surface area contributed by atoms with E-state index < -0.39 is 0 Å². The van der Waals surface area contributed by atoms with Gasteiger partial charge in [-0.05, 0) is 202 Å². The Labute approximate surface area is 620 Å². The van der Waals surface area contributed by atoms with Crippen LogP contribution >= 0.6 is 0 Å². The maximum atomic E-state index is 6.50. The zero-order valence-corrected chi connectivity index (χ0v) is 58.3. The Morgan fingerprint density at radius 1 is 0.162 bits per heavy atom. The van der Waals surface area contributed by atoms with Gasteiger partial charge in [0.1, 0.15) is 0 Å². The zero-order chi connectivity index (χ0) is 68.3. The van der Waals surface area contributed by atoms with Crippen LogP contribution in [0.15, 0.2) is 364 Å². The summed E-state index contributed by atoms with van der Waals surface area (Å²) >= 11 is 0. The molecular weight excluding hydrogens is 1360 g/mol. The van der Waals surface area contributed by atoms with Crippen LogP contribution in [0.3, 0.4) is 0 Å². The Hall–Kier alpha value is -13.1. The average molecular weight is 1420 g/mol. The van der Waals surface area contributed by atoms with Gasteiger partial charge in [0.2, 0.25) is 0 Å². The van der Waals surface area contributed by atoms with Gasteiger partial charge in [0, 0.05) is 22.3 Å². The largest absolute Gasteiger partial charge is 2.00 e. The third-order valence-electron chi connectivity index (χ3n) is 21.5. The molecule has 0 amide bonds. The van der Waals surface area contributed by atoms with Crippen molar-refractivity contribution in [1.29, 1.82) is 0 Å². The third kappa shape index (κ3) is 10.1. The number of nitrogens with zero attached hydrogens (tertiary/aromatic N) is 4. The van der Waals surface area contributed by atoms with E-state index >= 15 is 0 Å². The minimum Gasteiger partial charge on any atom is -0.656 e. The summed E-state index contributed by atoms with van der Waals surface area (Å²) in [7, 11) is 0. The van der Waals surface area contributed by atoms with Crippen molar-refractivity contribution in [3.8, 4) is 134 Å². The Bertz CT molecular complexity index is 6130. The molecule has 1 aliphatic carbocycles. The molecule has 4 nitrogen and oxygen atoms in total. The molecule has 21 rings (SSSR count). The van der Waals surface area contributed by atoms with Gasteiger partial charge in [0.25, 0.3) is 0 Å². The summed E-state index contributed by atoms with van der Waals surface area (Å²) < 4.78 is 0. The number of hydrogen-bond acceptors (Lipinski definition) is 2. The van der Waals surface area contributed by atoms with E-state index in [0.29, 0.717) is 0 Å². The molecule has 16 aromatic carbocycles. The standard InChI is InChI=1S/C100H60N4.Pd/c1-5-29-61(30-6-1)73-45-21-25-49-77(73)89-93-81-53-65-37-13-15-39-67(65)55-83(81)95(101-93)90(78-50-26-22-46-74(78)62-31-7-2-8-32-62)97-85-57-69-41-17-19-43-71(69)59-87(85)99(103-97)92(80-52-28-24-48-76(80)64-35-11-4-12-36-64)100-88-60-72-44-20-18-42-70(72)58-86(88)98(104-100)91(79-51-27-23-47-75(79)63-33-9-3-10-34-63)96-84-56-68-40-16-14-38-66(68)54-82(84)94(89)102-96;/h1-60H;/q-2;+2. The Morgan fingerprint density at radius 3 is 0.543 bits per heavy atom. The van der Waals surface area contributed by atoms with Crippen LogP contribution < -0.4 is 9.97 Å². The van der Waals surface area contributed by atoms with Crippen LogP contribution in [0.1, 0.15) is 0 Å². The quantitative estimate of drug-likeness (QED) is 0.142. The first-order valence-corrected chi connectivity index (χ1v) is 35.7. The Kier molecular flexibility index (Phi) is 14.8. The van der Waals surface area contributed by atoms with Crippen LogP contribution in [0.4, 0.5) is 0 Å². The first kappa shape index (κ1) is 61.7. The van der Waals surface area contributed by atoms with E-state index in [0.717, 1.165) is 221 Å². The van der Waals surface area contributed by atoms with Gasteiger partial charge in [0.15, 0.2) is 0 Å². The summed E-state index contributed by atoms with van der Waals surface area (Å²) in [5, 5.41) is 12.8. The van der Waals surface area contributed by atoms with Crippen molar-refractivity contribution in [3.63, 3.8) is 0 Å². The van der Waals surface area contributed by atoms with E-state index in [2.05, 4.69) is 364 Å². The van der Waals surface area contributed by atoms with E-state index in [4.69, 9.17) is 19.9 Å². The van der Waals surface area contributed by atoms with Crippen LogP contribution in [0.5, 0.6) is 0 Å². The molecular formula is C100H60N4Pd. The van der Waals surface area contributed by atoms with Crippen molar-refractivity contribution in [2.45, 2.75) is 0 Å². The monoisotopic (exact) mass is 1420 g/mol. The topological polar surface area (TPSA) is 54.0 Å². The fourth-order valence-electron chi connectivity index (χ4n) is 16.7. The second-order valence-corrected chi connectivity index (χ2v) is 27.4. The third-order valence-corrected chi connectivity index (χ3v) is 21.5. The minimum atomic E-state index is 0. The molecule has 5 heteroatoms. The number of rotatable bonds is 8. The van der Waals surface area contributed by atoms with Gasteiger partial charge >= 0.3 is 20.4 Å². The minimum absolute atomic E-state index is 0. The number of fused-ring (bicyclic) bond motifs is 4. The normalized spacial score (nSPS) is 11.7. The first-order valence-electron chi connectivity index (χ1n) is 35.7. The maximum absolute atomic E-state index is 6.50. The number of benzene rings is 16. The Morgan fingerprint density at radius 2 is 0.333 bits per heavy atom. The predicted molar refractivity (Wildman–Crippen MR) is 436 cm³/mol. The molecule has 4 heterocycles. The molecule has 0 fully saturated rings. The van der Waals surface area contributed by atoms with E-state index in [-0.39, 0.29) is 20.4 Å². The summed E-state index contributed by atoms with van der Waals surface area (Å²) in [6.45, 7) is 0. The summed E-state index contributed by atoms with van der Waals surface area (Å²) in [6, 6.07) is 133. The van der Waals surface area contributed by atoms with Gasteiger partial charge in [-0.15, -0.1) is 22.1 Å². The molecule has 2 aromatic heterocycles. The molecule has 2 aliphatic heterocycles. The molecule has 0 radical (unpaired) electrons. The van der Waals surface area contributed by atoms with E-state index in [1.54, 1.807) is 0 Å². The van der Waals surface area contributed by atoms with Crippen LogP contribution in [0.25, 0.3) is 221 Å². The van der Waals surface area contributed by atoms with Crippen LogP contribution in [-0.4, -0.2) is 9.97 Å². The average Bonchev–Trinajstić information content (AvgIpc) is 1.55. The Balaban J connectivity index is 0.00000732.